The fourth-order valence-corrected chi connectivity index (χ4v) is 2.87. The molecule has 2 rings (SSSR count). The Balaban J connectivity index is 2.65. The topological polar surface area (TPSA) is 0 Å². The maximum atomic E-state index is 3.99. The average Bonchev–Trinajstić information content (AvgIpc) is 2.29. The van der Waals surface area contributed by atoms with Crippen LogP contribution in [0.2, 0.25) is 0 Å². The van der Waals surface area contributed by atoms with Crippen molar-refractivity contribution in [2.24, 2.45) is 0 Å². The molecule has 1 aliphatic rings. The number of hydrogen-bond acceptors (Lipinski definition) is 0. The summed E-state index contributed by atoms with van der Waals surface area (Å²) in [6.07, 6.45) is 7.37. The molecule has 0 saturated carbocycles. The Morgan fingerprint density at radius 1 is 1.24 bits per heavy atom. The summed E-state index contributed by atoms with van der Waals surface area (Å²) in [5.74, 6) is 0. The zero-order chi connectivity index (χ0) is 12.5. The SMILES string of the molecule is C=CC1=C(/C=C\C)Cc2ccccc2C1(C)C. The highest BCUT2D eigenvalue weighted by molar-refractivity contribution is 5.54. The first-order valence-corrected chi connectivity index (χ1v) is 6.18. The van der Waals surface area contributed by atoms with E-state index < -0.39 is 0 Å². The van der Waals surface area contributed by atoms with Crippen molar-refractivity contribution in [3.63, 3.8) is 0 Å². The lowest BCUT2D eigenvalue weighted by Crippen LogP contribution is -2.26. The number of fused-ring (bicyclic) bond motifs is 1. The molecule has 0 bridgehead atoms. The summed E-state index contributed by atoms with van der Waals surface area (Å²) in [4.78, 5) is 0. The molecule has 0 radical (unpaired) electrons. The zero-order valence-corrected chi connectivity index (χ0v) is 11.0. The molecule has 1 aromatic rings. The normalized spacial score (nSPS) is 18.3. The van der Waals surface area contributed by atoms with Crippen LogP contribution in [-0.4, -0.2) is 0 Å². The van der Waals surface area contributed by atoms with Gasteiger partial charge in [-0.25, -0.2) is 0 Å². The fourth-order valence-electron chi connectivity index (χ4n) is 2.87. The first-order valence-electron chi connectivity index (χ1n) is 6.18. The van der Waals surface area contributed by atoms with Crippen molar-refractivity contribution in [1.29, 1.82) is 0 Å². The van der Waals surface area contributed by atoms with Crippen LogP contribution in [0.15, 0.2) is 60.2 Å². The van der Waals surface area contributed by atoms with Gasteiger partial charge in [0.15, 0.2) is 0 Å². The molecule has 0 nitrogen and oxygen atoms in total. The molecule has 0 spiro atoms. The van der Waals surface area contributed by atoms with E-state index in [0.29, 0.717) is 0 Å². The number of benzene rings is 1. The van der Waals surface area contributed by atoms with Gasteiger partial charge < -0.3 is 0 Å². The number of allylic oxidation sites excluding steroid dienone is 5. The van der Waals surface area contributed by atoms with Crippen molar-refractivity contribution in [3.8, 4) is 0 Å². The molecule has 0 heteroatoms. The first kappa shape index (κ1) is 11.9. The largest absolute Gasteiger partial charge is 0.0987 e. The molecule has 88 valence electrons. The summed E-state index contributed by atoms with van der Waals surface area (Å²) in [5, 5.41) is 0. The molecule has 0 fully saturated rings. The molecule has 1 aliphatic carbocycles. The molecule has 0 aliphatic heterocycles. The lowest BCUT2D eigenvalue weighted by atomic mass is 9.68. The summed E-state index contributed by atoms with van der Waals surface area (Å²) >= 11 is 0. The van der Waals surface area contributed by atoms with Gasteiger partial charge in [-0.2, -0.15) is 0 Å². The fraction of sp³-hybridized carbons (Fsp3) is 0.294. The van der Waals surface area contributed by atoms with Crippen molar-refractivity contribution in [2.45, 2.75) is 32.6 Å². The van der Waals surface area contributed by atoms with Crippen molar-refractivity contribution >= 4 is 0 Å². The molecule has 1 aromatic carbocycles. The highest BCUT2D eigenvalue weighted by Gasteiger charge is 2.31. The Labute approximate surface area is 104 Å². The molecular weight excluding hydrogens is 204 g/mol. The third-order valence-electron chi connectivity index (χ3n) is 3.66. The van der Waals surface area contributed by atoms with E-state index in [9.17, 15) is 0 Å². The van der Waals surface area contributed by atoms with Gasteiger partial charge in [-0.3, -0.25) is 0 Å². The van der Waals surface area contributed by atoms with Crippen molar-refractivity contribution in [2.75, 3.05) is 0 Å². The van der Waals surface area contributed by atoms with E-state index in [-0.39, 0.29) is 5.41 Å². The van der Waals surface area contributed by atoms with Crippen LogP contribution in [0.1, 0.15) is 31.9 Å². The van der Waals surface area contributed by atoms with Crippen LogP contribution < -0.4 is 0 Å². The van der Waals surface area contributed by atoms with Gasteiger partial charge in [0.1, 0.15) is 0 Å². The number of rotatable bonds is 2. The predicted octanol–water partition coefficient (Wildman–Crippen LogP) is 4.58. The van der Waals surface area contributed by atoms with E-state index in [1.54, 1.807) is 0 Å². The molecule has 0 heterocycles. The van der Waals surface area contributed by atoms with Crippen LogP contribution in [0.4, 0.5) is 0 Å². The quantitative estimate of drug-likeness (QED) is 0.690. The Kier molecular flexibility index (Phi) is 3.06. The Hall–Kier alpha value is -1.56. The second-order valence-electron chi connectivity index (χ2n) is 5.10. The minimum Gasteiger partial charge on any atom is -0.0987 e. The van der Waals surface area contributed by atoms with Crippen LogP contribution in [0.25, 0.3) is 0 Å². The predicted molar refractivity (Wildman–Crippen MR) is 75.2 cm³/mol. The van der Waals surface area contributed by atoms with Crippen LogP contribution in [0.3, 0.4) is 0 Å². The molecule has 17 heavy (non-hydrogen) atoms. The number of hydrogen-bond donors (Lipinski definition) is 0. The lowest BCUT2D eigenvalue weighted by Gasteiger charge is -2.35. The van der Waals surface area contributed by atoms with Crippen molar-refractivity contribution < 1.29 is 0 Å². The second kappa shape index (κ2) is 4.37. The van der Waals surface area contributed by atoms with Crippen molar-refractivity contribution in [3.05, 3.63) is 71.3 Å². The summed E-state index contributed by atoms with van der Waals surface area (Å²) in [5.41, 5.74) is 5.69. The second-order valence-corrected chi connectivity index (χ2v) is 5.10. The minimum atomic E-state index is 0.0609. The lowest BCUT2D eigenvalue weighted by molar-refractivity contribution is 0.611. The Morgan fingerprint density at radius 2 is 1.94 bits per heavy atom. The molecule has 0 atom stereocenters. The highest BCUT2D eigenvalue weighted by atomic mass is 14.3. The van der Waals surface area contributed by atoms with Crippen LogP contribution >= 0.6 is 0 Å². The van der Waals surface area contributed by atoms with Gasteiger partial charge in [0.25, 0.3) is 0 Å². The van der Waals surface area contributed by atoms with Gasteiger partial charge in [0, 0.05) is 5.41 Å². The van der Waals surface area contributed by atoms with Crippen molar-refractivity contribution in [1.82, 2.24) is 0 Å². The molecule has 0 aromatic heterocycles. The average molecular weight is 224 g/mol. The Morgan fingerprint density at radius 3 is 2.59 bits per heavy atom. The smallest absolute Gasteiger partial charge is 0.0152 e. The highest BCUT2D eigenvalue weighted by Crippen LogP contribution is 2.41. The van der Waals surface area contributed by atoms with Gasteiger partial charge in [-0.1, -0.05) is 62.9 Å². The summed E-state index contributed by atoms with van der Waals surface area (Å²) in [6, 6.07) is 8.73. The third-order valence-corrected chi connectivity index (χ3v) is 3.66. The zero-order valence-electron chi connectivity index (χ0n) is 11.0. The van der Waals surface area contributed by atoms with E-state index >= 15 is 0 Å². The Bertz CT molecular complexity index is 499. The molecular formula is C17H20. The third kappa shape index (κ3) is 1.88. The van der Waals surface area contributed by atoms with Crippen LogP contribution in [0.5, 0.6) is 0 Å². The summed E-state index contributed by atoms with van der Waals surface area (Å²) < 4.78 is 0. The molecule has 0 unspecified atom stereocenters. The van der Waals surface area contributed by atoms with Gasteiger partial charge in [0.2, 0.25) is 0 Å². The first-order chi connectivity index (χ1) is 8.11. The van der Waals surface area contributed by atoms with E-state index in [2.05, 4.69) is 63.8 Å². The van der Waals surface area contributed by atoms with E-state index in [1.807, 2.05) is 6.08 Å². The minimum absolute atomic E-state index is 0.0609. The molecule has 0 N–H and O–H groups in total. The van der Waals surface area contributed by atoms with E-state index in [1.165, 1.54) is 22.3 Å². The van der Waals surface area contributed by atoms with Gasteiger partial charge in [-0.05, 0) is 35.6 Å². The molecule has 0 amide bonds. The maximum Gasteiger partial charge on any atom is 0.0152 e. The van der Waals surface area contributed by atoms with Gasteiger partial charge >= 0.3 is 0 Å². The van der Waals surface area contributed by atoms with Gasteiger partial charge in [0.05, 0.1) is 0 Å². The summed E-state index contributed by atoms with van der Waals surface area (Å²) in [7, 11) is 0. The van der Waals surface area contributed by atoms with Crippen LogP contribution in [0, 0.1) is 0 Å². The monoisotopic (exact) mass is 224 g/mol. The standard InChI is InChI=1S/C17H20/c1-5-9-13-12-14-10-7-8-11-16(14)17(3,4)15(13)6-2/h5-11H,2,12H2,1,3-4H3/b9-5-. The summed E-state index contributed by atoms with van der Waals surface area (Å²) in [6.45, 7) is 10.6. The maximum absolute atomic E-state index is 3.99. The van der Waals surface area contributed by atoms with E-state index in [0.717, 1.165) is 6.42 Å². The van der Waals surface area contributed by atoms with Crippen LogP contribution in [-0.2, 0) is 11.8 Å². The molecule has 0 saturated heterocycles. The van der Waals surface area contributed by atoms with E-state index in [4.69, 9.17) is 0 Å². The van der Waals surface area contributed by atoms with Gasteiger partial charge in [-0.15, -0.1) is 0 Å².